The zero-order valence-corrected chi connectivity index (χ0v) is 19.9. The number of rotatable bonds is 7. The molecule has 1 aliphatic rings. The van der Waals surface area contributed by atoms with E-state index in [0.717, 1.165) is 27.9 Å². The summed E-state index contributed by atoms with van der Waals surface area (Å²) in [7, 11) is 0. The van der Waals surface area contributed by atoms with Crippen LogP contribution in [0.3, 0.4) is 0 Å². The molecule has 184 valence electrons. The number of ether oxygens (including phenoxy) is 1. The van der Waals surface area contributed by atoms with Crippen molar-refractivity contribution in [3.05, 3.63) is 91.0 Å². The van der Waals surface area contributed by atoms with Crippen molar-refractivity contribution >= 4 is 17.5 Å². The van der Waals surface area contributed by atoms with Crippen LogP contribution in [0.15, 0.2) is 52.1 Å². The Morgan fingerprint density at radius 2 is 1.94 bits per heavy atom. The van der Waals surface area contributed by atoms with Crippen molar-refractivity contribution in [2.45, 2.75) is 13.5 Å². The summed E-state index contributed by atoms with van der Waals surface area (Å²) in [5, 5.41) is 7.20. The number of benzene rings is 2. The Morgan fingerprint density at radius 3 is 2.66 bits per heavy atom. The Hall–Kier alpha value is -3.34. The quantitative estimate of drug-likeness (QED) is 0.528. The van der Waals surface area contributed by atoms with Gasteiger partial charge in [-0.2, -0.15) is 9.78 Å². The Labute approximate surface area is 205 Å². The van der Waals surface area contributed by atoms with Gasteiger partial charge in [0.1, 0.15) is 5.82 Å². The number of aryl methyl sites for hydroxylation is 1. The first-order valence-corrected chi connectivity index (χ1v) is 11.5. The van der Waals surface area contributed by atoms with Crippen molar-refractivity contribution in [2.24, 2.45) is 0 Å². The number of carbonyl (C=O) groups excluding carboxylic acids is 1. The number of carbonyl (C=O) groups is 1. The van der Waals surface area contributed by atoms with Crippen LogP contribution in [0.4, 0.5) is 4.39 Å². The highest BCUT2D eigenvalue weighted by atomic mass is 35.5. The van der Waals surface area contributed by atoms with Crippen LogP contribution in [-0.2, 0) is 11.3 Å². The lowest BCUT2D eigenvalue weighted by atomic mass is 10.2. The van der Waals surface area contributed by atoms with Gasteiger partial charge in [-0.3, -0.25) is 19.1 Å². The number of halogens is 2. The molecule has 1 N–H and O–H groups in total. The standard InChI is InChI=1S/C24H25ClFN5O4/c1-16-5-6-19(14-20(16)25)31-24(34)30(15-17-3-2-4-18(26)13-17)23(33)21(28-31)22(32)27-7-8-29-9-11-35-12-10-29/h2-6,13-14H,7-12,15H2,1H3,(H,27,32). The van der Waals surface area contributed by atoms with E-state index in [2.05, 4.69) is 15.3 Å². The van der Waals surface area contributed by atoms with E-state index in [1.807, 2.05) is 0 Å². The number of nitrogens with one attached hydrogen (secondary N) is 1. The monoisotopic (exact) mass is 501 g/mol. The van der Waals surface area contributed by atoms with Gasteiger partial charge in [0.05, 0.1) is 25.4 Å². The lowest BCUT2D eigenvalue weighted by Gasteiger charge is -2.26. The summed E-state index contributed by atoms with van der Waals surface area (Å²) in [4.78, 5) is 41.5. The lowest BCUT2D eigenvalue weighted by Crippen LogP contribution is -2.47. The zero-order valence-electron chi connectivity index (χ0n) is 19.2. The highest BCUT2D eigenvalue weighted by molar-refractivity contribution is 6.31. The molecule has 0 unspecified atom stereocenters. The average molecular weight is 502 g/mol. The maximum atomic E-state index is 13.7. The van der Waals surface area contributed by atoms with Crippen molar-refractivity contribution in [2.75, 3.05) is 39.4 Å². The lowest BCUT2D eigenvalue weighted by molar-refractivity contribution is 0.0383. The molecular formula is C24H25ClFN5O4. The molecule has 0 aliphatic carbocycles. The van der Waals surface area contributed by atoms with E-state index in [1.54, 1.807) is 25.1 Å². The number of morpholine rings is 1. The van der Waals surface area contributed by atoms with Gasteiger partial charge in [-0.25, -0.2) is 9.18 Å². The third-order valence-electron chi connectivity index (χ3n) is 5.72. The van der Waals surface area contributed by atoms with E-state index in [9.17, 15) is 18.8 Å². The van der Waals surface area contributed by atoms with Gasteiger partial charge in [0, 0.05) is 31.2 Å². The molecule has 11 heteroatoms. The molecule has 4 rings (SSSR count). The molecular weight excluding hydrogens is 477 g/mol. The van der Waals surface area contributed by atoms with E-state index < -0.39 is 28.7 Å². The van der Waals surface area contributed by atoms with Crippen molar-refractivity contribution in [1.82, 2.24) is 24.6 Å². The third kappa shape index (κ3) is 5.84. The van der Waals surface area contributed by atoms with Gasteiger partial charge in [-0.1, -0.05) is 29.8 Å². The highest BCUT2D eigenvalue weighted by Crippen LogP contribution is 2.18. The van der Waals surface area contributed by atoms with Gasteiger partial charge in [0.15, 0.2) is 0 Å². The fourth-order valence-electron chi connectivity index (χ4n) is 3.73. The second-order valence-corrected chi connectivity index (χ2v) is 8.61. The summed E-state index contributed by atoms with van der Waals surface area (Å²) in [5.74, 6) is -1.21. The summed E-state index contributed by atoms with van der Waals surface area (Å²) in [6.07, 6.45) is 0. The number of aromatic nitrogens is 3. The van der Waals surface area contributed by atoms with Gasteiger partial charge < -0.3 is 10.1 Å². The van der Waals surface area contributed by atoms with Gasteiger partial charge in [-0.15, -0.1) is 0 Å². The van der Waals surface area contributed by atoms with Crippen LogP contribution in [0.25, 0.3) is 5.69 Å². The van der Waals surface area contributed by atoms with Gasteiger partial charge in [0.25, 0.3) is 11.5 Å². The molecule has 35 heavy (non-hydrogen) atoms. The summed E-state index contributed by atoms with van der Waals surface area (Å²) >= 11 is 6.23. The molecule has 3 aromatic rings. The molecule has 2 aromatic carbocycles. The minimum atomic E-state index is -0.863. The van der Waals surface area contributed by atoms with E-state index >= 15 is 0 Å². The molecule has 1 aliphatic heterocycles. The molecule has 1 aromatic heterocycles. The molecule has 1 amide bonds. The summed E-state index contributed by atoms with van der Waals surface area (Å²) < 4.78 is 20.9. The average Bonchev–Trinajstić information content (AvgIpc) is 2.84. The van der Waals surface area contributed by atoms with E-state index in [1.165, 1.54) is 24.3 Å². The first-order chi connectivity index (χ1) is 16.8. The number of hydrogen-bond acceptors (Lipinski definition) is 6. The Kier molecular flexibility index (Phi) is 7.74. The van der Waals surface area contributed by atoms with Crippen molar-refractivity contribution < 1.29 is 13.9 Å². The first-order valence-electron chi connectivity index (χ1n) is 11.2. The van der Waals surface area contributed by atoms with Crippen LogP contribution >= 0.6 is 11.6 Å². The van der Waals surface area contributed by atoms with Gasteiger partial charge in [0.2, 0.25) is 5.69 Å². The summed E-state index contributed by atoms with van der Waals surface area (Å²) in [5.41, 5.74) is -0.609. The molecule has 9 nitrogen and oxygen atoms in total. The van der Waals surface area contributed by atoms with Crippen LogP contribution in [0.2, 0.25) is 5.02 Å². The maximum absolute atomic E-state index is 13.7. The number of amides is 1. The van der Waals surface area contributed by atoms with Crippen molar-refractivity contribution in [3.63, 3.8) is 0 Å². The second kappa shape index (κ2) is 10.9. The van der Waals surface area contributed by atoms with Crippen molar-refractivity contribution in [1.29, 1.82) is 0 Å². The normalized spacial score (nSPS) is 14.1. The molecule has 0 atom stereocenters. The van der Waals surface area contributed by atoms with Crippen LogP contribution in [0, 0.1) is 12.7 Å². The largest absolute Gasteiger partial charge is 0.379 e. The molecule has 1 saturated heterocycles. The van der Waals surface area contributed by atoms with Crippen molar-refractivity contribution in [3.8, 4) is 5.69 Å². The Bertz CT molecular complexity index is 1350. The van der Waals surface area contributed by atoms with E-state index in [0.29, 0.717) is 42.6 Å². The molecule has 0 radical (unpaired) electrons. The predicted octanol–water partition coefficient (Wildman–Crippen LogP) is 1.61. The Morgan fingerprint density at radius 1 is 1.17 bits per heavy atom. The van der Waals surface area contributed by atoms with Gasteiger partial charge >= 0.3 is 5.69 Å². The SMILES string of the molecule is Cc1ccc(-n2nc(C(=O)NCCN3CCOCC3)c(=O)n(Cc3cccc(F)c3)c2=O)cc1Cl. The number of nitrogens with zero attached hydrogens (tertiary/aromatic N) is 4. The number of hydrogen-bond donors (Lipinski definition) is 1. The van der Waals surface area contributed by atoms with E-state index in [4.69, 9.17) is 16.3 Å². The van der Waals surface area contributed by atoms with Crippen LogP contribution in [0.5, 0.6) is 0 Å². The smallest absolute Gasteiger partial charge is 0.352 e. The molecule has 0 bridgehead atoms. The highest BCUT2D eigenvalue weighted by Gasteiger charge is 2.21. The molecule has 0 spiro atoms. The third-order valence-corrected chi connectivity index (χ3v) is 6.13. The summed E-state index contributed by atoms with van der Waals surface area (Å²) in [6.45, 7) is 5.22. The molecule has 1 fully saturated rings. The summed E-state index contributed by atoms with van der Waals surface area (Å²) in [6, 6.07) is 10.4. The fourth-order valence-corrected chi connectivity index (χ4v) is 3.91. The topological polar surface area (TPSA) is 98.5 Å². The predicted molar refractivity (Wildman–Crippen MR) is 129 cm³/mol. The Balaban J connectivity index is 1.70. The molecule has 0 saturated carbocycles. The van der Waals surface area contributed by atoms with Crippen LogP contribution in [-0.4, -0.2) is 64.5 Å². The minimum Gasteiger partial charge on any atom is -0.379 e. The van der Waals surface area contributed by atoms with E-state index in [-0.39, 0.29) is 6.54 Å². The van der Waals surface area contributed by atoms with Crippen LogP contribution < -0.4 is 16.6 Å². The fraction of sp³-hybridized carbons (Fsp3) is 0.333. The van der Waals surface area contributed by atoms with Gasteiger partial charge in [-0.05, 0) is 42.3 Å². The first kappa shape index (κ1) is 24.8. The maximum Gasteiger partial charge on any atom is 0.352 e. The molecule has 2 heterocycles. The zero-order chi connectivity index (χ0) is 24.9. The second-order valence-electron chi connectivity index (χ2n) is 8.21. The minimum absolute atomic E-state index is 0.231. The van der Waals surface area contributed by atoms with Crippen LogP contribution in [0.1, 0.15) is 21.6 Å².